The number of unbranched alkanes of at least 4 members (excludes halogenated alkanes) is 1. The molecule has 3 aromatic rings. The summed E-state index contributed by atoms with van der Waals surface area (Å²) in [6.45, 7) is 5.11. The molecule has 0 saturated heterocycles. The number of rotatable bonds is 10. The van der Waals surface area contributed by atoms with Crippen molar-refractivity contribution in [3.63, 3.8) is 0 Å². The van der Waals surface area contributed by atoms with Crippen LogP contribution in [-0.4, -0.2) is 30.3 Å². The molecule has 2 saturated carbocycles. The van der Waals surface area contributed by atoms with Gasteiger partial charge in [-0.15, -0.1) is 0 Å². The number of aromatic nitrogens is 1. The average molecular weight is 555 g/mol. The number of carbonyl (C=O) groups is 2. The van der Waals surface area contributed by atoms with Crippen molar-refractivity contribution in [2.45, 2.75) is 90.4 Å². The molecule has 5 nitrogen and oxygen atoms in total. The lowest BCUT2D eigenvalue weighted by Crippen LogP contribution is -2.44. The number of H-pyrrole nitrogens is 1. The van der Waals surface area contributed by atoms with Crippen molar-refractivity contribution in [2.24, 2.45) is 23.2 Å². The summed E-state index contributed by atoms with van der Waals surface area (Å²) < 4.78 is 5.49. The number of ether oxygens (including phenoxy) is 1. The maximum atomic E-state index is 13.3. The zero-order valence-corrected chi connectivity index (χ0v) is 25.1. The van der Waals surface area contributed by atoms with E-state index in [0.717, 1.165) is 63.5 Å². The first kappa shape index (κ1) is 28.1. The van der Waals surface area contributed by atoms with Crippen LogP contribution in [-0.2, 0) is 22.4 Å². The third-order valence-electron chi connectivity index (χ3n) is 11.0. The van der Waals surface area contributed by atoms with Gasteiger partial charge in [0, 0.05) is 41.9 Å². The number of hydrogen-bond acceptors (Lipinski definition) is 3. The van der Waals surface area contributed by atoms with Gasteiger partial charge in [0.25, 0.3) is 0 Å². The van der Waals surface area contributed by atoms with Gasteiger partial charge < -0.3 is 15.0 Å². The molecule has 1 heterocycles. The number of nitrogens with one attached hydrogen (secondary N) is 2. The zero-order valence-electron chi connectivity index (χ0n) is 25.1. The average Bonchev–Trinajstić information content (AvgIpc) is 3.51. The van der Waals surface area contributed by atoms with E-state index in [9.17, 15) is 9.59 Å². The molecule has 1 aromatic heterocycles. The molecule has 5 atom stereocenters. The standard InChI is InChI=1S/C36H46N2O3/c1-23-8-6-11-29-26(22-38-35(23)29)10-7-19-37-33(40)12-5-4-9-25-21-32(39)36(2)18-17-30-28-16-14-27(41-3)20-24(28)13-15-31(30)34(25)36/h6,8,11,14,16,20,22,25,30-31,34,38H,4-5,7,9-10,12-13,15,17-19,21H2,1-3H3,(H,37,40). The van der Waals surface area contributed by atoms with Crippen LogP contribution in [0.1, 0.15) is 92.9 Å². The molecule has 3 aliphatic carbocycles. The number of hydrogen-bond donors (Lipinski definition) is 2. The second-order valence-electron chi connectivity index (χ2n) is 13.3. The van der Waals surface area contributed by atoms with Crippen molar-refractivity contribution < 1.29 is 14.3 Å². The Labute approximate surface area is 244 Å². The highest BCUT2D eigenvalue weighted by molar-refractivity contribution is 5.88. The lowest BCUT2D eigenvalue weighted by Gasteiger charge is -2.50. The lowest BCUT2D eigenvalue weighted by atomic mass is 9.54. The van der Waals surface area contributed by atoms with Crippen LogP contribution >= 0.6 is 0 Å². The van der Waals surface area contributed by atoms with Gasteiger partial charge in [0.1, 0.15) is 11.5 Å². The molecule has 2 N–H and O–H groups in total. The van der Waals surface area contributed by atoms with E-state index in [1.54, 1.807) is 7.11 Å². The van der Waals surface area contributed by atoms with E-state index in [-0.39, 0.29) is 11.3 Å². The molecule has 0 spiro atoms. The number of benzene rings is 2. The summed E-state index contributed by atoms with van der Waals surface area (Å²) in [6.07, 6.45) is 12.7. The molecule has 0 radical (unpaired) electrons. The molecule has 41 heavy (non-hydrogen) atoms. The van der Waals surface area contributed by atoms with Crippen LogP contribution < -0.4 is 10.1 Å². The number of aryl methyl sites for hydroxylation is 3. The topological polar surface area (TPSA) is 71.2 Å². The molecule has 2 aromatic carbocycles. The van der Waals surface area contributed by atoms with E-state index in [2.05, 4.69) is 66.7 Å². The van der Waals surface area contributed by atoms with E-state index < -0.39 is 0 Å². The van der Waals surface area contributed by atoms with E-state index in [4.69, 9.17) is 4.74 Å². The number of aromatic amines is 1. The number of ketones is 1. The first-order chi connectivity index (χ1) is 19.9. The number of para-hydroxylation sites is 1. The van der Waals surface area contributed by atoms with Crippen molar-refractivity contribution in [2.75, 3.05) is 13.7 Å². The Hall–Kier alpha value is -3.08. The molecule has 6 rings (SSSR count). The smallest absolute Gasteiger partial charge is 0.219 e. The predicted octanol–water partition coefficient (Wildman–Crippen LogP) is 7.45. The largest absolute Gasteiger partial charge is 0.497 e. The summed E-state index contributed by atoms with van der Waals surface area (Å²) in [4.78, 5) is 29.3. The first-order valence-electron chi connectivity index (χ1n) is 15.9. The Morgan fingerprint density at radius 2 is 2.02 bits per heavy atom. The van der Waals surface area contributed by atoms with Gasteiger partial charge in [-0.05, 0) is 116 Å². The van der Waals surface area contributed by atoms with Crippen LogP contribution in [0, 0.1) is 30.1 Å². The number of Topliss-reactive ketones (excluding diaryl/α,β-unsaturated/α-hetero) is 1. The molecule has 0 bridgehead atoms. The van der Waals surface area contributed by atoms with Crippen LogP contribution in [0.2, 0.25) is 0 Å². The molecular weight excluding hydrogens is 508 g/mol. The Balaban J connectivity index is 0.977. The maximum absolute atomic E-state index is 13.3. The number of fused-ring (bicyclic) bond motifs is 6. The summed E-state index contributed by atoms with van der Waals surface area (Å²) in [5.41, 5.74) is 6.59. The SMILES string of the molecule is COc1ccc2c(c1)CCC1C2CCC2(C)C(=O)CC(CCCCC(=O)NCCCc3c[nH]c4c(C)cccc34)C12. The second-order valence-corrected chi connectivity index (χ2v) is 13.3. The summed E-state index contributed by atoms with van der Waals surface area (Å²) in [6, 6.07) is 13.0. The van der Waals surface area contributed by atoms with Crippen molar-refractivity contribution in [3.05, 3.63) is 64.8 Å². The Kier molecular flexibility index (Phi) is 7.98. The van der Waals surface area contributed by atoms with Gasteiger partial charge in [0.05, 0.1) is 7.11 Å². The van der Waals surface area contributed by atoms with Gasteiger partial charge in [0.2, 0.25) is 5.91 Å². The summed E-state index contributed by atoms with van der Waals surface area (Å²) >= 11 is 0. The number of carbonyl (C=O) groups excluding carboxylic acids is 2. The van der Waals surface area contributed by atoms with E-state index in [1.807, 2.05) is 0 Å². The van der Waals surface area contributed by atoms with Crippen LogP contribution in [0.4, 0.5) is 0 Å². The van der Waals surface area contributed by atoms with E-state index in [0.29, 0.717) is 42.4 Å². The highest BCUT2D eigenvalue weighted by Crippen LogP contribution is 2.62. The van der Waals surface area contributed by atoms with E-state index >= 15 is 0 Å². The summed E-state index contributed by atoms with van der Waals surface area (Å²) in [7, 11) is 1.74. The van der Waals surface area contributed by atoms with Gasteiger partial charge in [0.15, 0.2) is 0 Å². The fourth-order valence-electron chi connectivity index (χ4n) is 8.87. The van der Waals surface area contributed by atoms with Crippen LogP contribution in [0.5, 0.6) is 5.75 Å². The zero-order chi connectivity index (χ0) is 28.6. The monoisotopic (exact) mass is 554 g/mol. The second kappa shape index (κ2) is 11.7. The highest BCUT2D eigenvalue weighted by atomic mass is 16.5. The van der Waals surface area contributed by atoms with Crippen LogP contribution in [0.3, 0.4) is 0 Å². The van der Waals surface area contributed by atoms with Gasteiger partial charge in [-0.2, -0.15) is 0 Å². The maximum Gasteiger partial charge on any atom is 0.219 e. The minimum absolute atomic E-state index is 0.156. The Morgan fingerprint density at radius 1 is 1.15 bits per heavy atom. The van der Waals surface area contributed by atoms with Gasteiger partial charge in [-0.25, -0.2) is 0 Å². The Morgan fingerprint density at radius 3 is 2.88 bits per heavy atom. The van der Waals surface area contributed by atoms with Crippen molar-refractivity contribution >= 4 is 22.6 Å². The minimum atomic E-state index is -0.156. The van der Waals surface area contributed by atoms with Gasteiger partial charge in [-0.1, -0.05) is 37.6 Å². The number of methoxy groups -OCH3 is 1. The summed E-state index contributed by atoms with van der Waals surface area (Å²) in [5, 5.41) is 4.43. The third kappa shape index (κ3) is 5.33. The van der Waals surface area contributed by atoms with Crippen molar-refractivity contribution in [3.8, 4) is 5.75 Å². The molecule has 1 amide bonds. The lowest BCUT2D eigenvalue weighted by molar-refractivity contribution is -0.129. The fraction of sp³-hybridized carbons (Fsp3) is 0.556. The molecule has 218 valence electrons. The van der Waals surface area contributed by atoms with Gasteiger partial charge >= 0.3 is 0 Å². The van der Waals surface area contributed by atoms with Crippen LogP contribution in [0.15, 0.2) is 42.6 Å². The summed E-state index contributed by atoms with van der Waals surface area (Å²) in [5.74, 6) is 3.70. The minimum Gasteiger partial charge on any atom is -0.497 e. The molecule has 5 unspecified atom stereocenters. The molecule has 3 aliphatic rings. The van der Waals surface area contributed by atoms with Crippen molar-refractivity contribution in [1.82, 2.24) is 10.3 Å². The van der Waals surface area contributed by atoms with Crippen molar-refractivity contribution in [1.29, 1.82) is 0 Å². The molecule has 2 fully saturated rings. The third-order valence-corrected chi connectivity index (χ3v) is 11.0. The van der Waals surface area contributed by atoms with Gasteiger partial charge in [-0.3, -0.25) is 9.59 Å². The molecular formula is C36H46N2O3. The highest BCUT2D eigenvalue weighted by Gasteiger charge is 2.58. The van der Waals surface area contributed by atoms with Crippen LogP contribution in [0.25, 0.3) is 10.9 Å². The fourth-order valence-corrected chi connectivity index (χ4v) is 8.87. The quantitative estimate of drug-likeness (QED) is 0.256. The molecule has 5 heteroatoms. The normalized spacial score (nSPS) is 26.9. The Bertz CT molecular complexity index is 1420. The first-order valence-corrected chi connectivity index (χ1v) is 15.9. The van der Waals surface area contributed by atoms with E-state index in [1.165, 1.54) is 39.6 Å². The predicted molar refractivity (Wildman–Crippen MR) is 164 cm³/mol. The molecule has 0 aliphatic heterocycles. The number of amides is 1.